The number of nitrogens with two attached hydrogens (primary N) is 1. The average Bonchev–Trinajstić information content (AvgIpc) is 2.23. The summed E-state index contributed by atoms with van der Waals surface area (Å²) in [6.45, 7) is 0. The third-order valence-corrected chi connectivity index (χ3v) is 2.74. The molecule has 118 valence electrons. The van der Waals surface area contributed by atoms with Crippen LogP contribution >= 0.6 is 0 Å². The van der Waals surface area contributed by atoms with E-state index < -0.39 is 49.8 Å². The Hall–Kier alpha value is -2.09. The quantitative estimate of drug-likeness (QED) is 0.504. The second-order valence-electron chi connectivity index (χ2n) is 3.35. The zero-order chi connectivity index (χ0) is 16.6. The lowest BCUT2D eigenvalue weighted by Gasteiger charge is -2.13. The number of nitro groups is 1. The molecule has 0 radical (unpaired) electrons. The van der Waals surface area contributed by atoms with Crippen LogP contribution in [0.4, 0.5) is 27.6 Å². The van der Waals surface area contributed by atoms with Crippen LogP contribution in [0.2, 0.25) is 0 Å². The smallest absolute Gasteiger partial charge is 0.395 e. The summed E-state index contributed by atoms with van der Waals surface area (Å²) >= 11 is 0. The molecule has 2 N–H and O–H groups in total. The molecule has 0 atom stereocenters. The van der Waals surface area contributed by atoms with Crippen molar-refractivity contribution in [3.63, 3.8) is 0 Å². The van der Waals surface area contributed by atoms with E-state index in [1.165, 1.54) is 0 Å². The monoisotopic (exact) mass is 337 g/mol. The van der Waals surface area contributed by atoms with Gasteiger partial charge in [0.15, 0.2) is 0 Å². The molecule has 0 unspecified atom stereocenters. The Morgan fingerprint density at radius 2 is 1.90 bits per heavy atom. The number of ether oxygens (including phenoxy) is 1. The summed E-state index contributed by atoms with van der Waals surface area (Å²) in [5.74, 6) is -2.02. The number of aromatic nitrogens is 1. The minimum atomic E-state index is -5.59. The number of halogens is 5. The highest BCUT2D eigenvalue weighted by molar-refractivity contribution is 7.89. The molecule has 0 amide bonds. The van der Waals surface area contributed by atoms with Crippen LogP contribution in [0.1, 0.15) is 12.0 Å². The van der Waals surface area contributed by atoms with Crippen molar-refractivity contribution < 1.29 is 40.0 Å². The topological polar surface area (TPSA) is 125 Å². The highest BCUT2D eigenvalue weighted by Gasteiger charge is 2.41. The van der Waals surface area contributed by atoms with Crippen LogP contribution in [0, 0.1) is 10.1 Å². The van der Waals surface area contributed by atoms with Crippen LogP contribution in [-0.4, -0.2) is 24.7 Å². The molecule has 0 aliphatic carbocycles. The fourth-order valence-electron chi connectivity index (χ4n) is 1.24. The molecule has 0 aliphatic rings. The van der Waals surface area contributed by atoms with Crippen molar-refractivity contribution in [1.29, 1.82) is 0 Å². The van der Waals surface area contributed by atoms with E-state index in [4.69, 9.17) is 0 Å². The Morgan fingerprint density at radius 3 is 2.24 bits per heavy atom. The Morgan fingerprint density at radius 1 is 1.38 bits per heavy atom. The van der Waals surface area contributed by atoms with Gasteiger partial charge in [-0.05, 0) is 0 Å². The Kier molecular flexibility index (Phi) is 4.33. The maximum atomic E-state index is 12.6. The van der Waals surface area contributed by atoms with Crippen LogP contribution < -0.4 is 9.88 Å². The number of hydrogen-bond donors (Lipinski definition) is 1. The normalized spacial score (nSPS) is 12.5. The largest absolute Gasteiger partial charge is 0.573 e. The molecule has 1 aromatic heterocycles. The van der Waals surface area contributed by atoms with Crippen LogP contribution in [0.3, 0.4) is 0 Å². The molecule has 0 spiro atoms. The van der Waals surface area contributed by atoms with Gasteiger partial charge in [-0.25, -0.2) is 27.3 Å². The van der Waals surface area contributed by atoms with Crippen LogP contribution in [0.15, 0.2) is 11.2 Å². The van der Waals surface area contributed by atoms with E-state index in [0.717, 1.165) is 0 Å². The van der Waals surface area contributed by atoms with Gasteiger partial charge in [0.1, 0.15) is 5.56 Å². The van der Waals surface area contributed by atoms with E-state index >= 15 is 0 Å². The Labute approximate surface area is 112 Å². The molecule has 1 heterocycles. The first-order valence-electron chi connectivity index (χ1n) is 4.58. The van der Waals surface area contributed by atoms with Crippen molar-refractivity contribution in [3.05, 3.63) is 21.9 Å². The first-order valence-corrected chi connectivity index (χ1v) is 6.13. The lowest BCUT2D eigenvalue weighted by molar-refractivity contribution is -0.390. The van der Waals surface area contributed by atoms with Gasteiger partial charge in [0.2, 0.25) is 10.8 Å². The second-order valence-corrected chi connectivity index (χ2v) is 4.82. The Bertz CT molecular complexity index is 674. The number of hydrogen-bond acceptors (Lipinski definition) is 6. The summed E-state index contributed by atoms with van der Waals surface area (Å²) in [6.07, 6.45) is -9.15. The molecule has 0 saturated heterocycles. The number of primary sulfonamides is 1. The predicted molar refractivity (Wildman–Crippen MR) is 53.9 cm³/mol. The fourth-order valence-corrected chi connectivity index (χ4v) is 1.84. The van der Waals surface area contributed by atoms with Crippen molar-refractivity contribution in [1.82, 2.24) is 4.98 Å². The van der Waals surface area contributed by atoms with Gasteiger partial charge in [0.05, 0.1) is 4.92 Å². The van der Waals surface area contributed by atoms with Crippen molar-refractivity contribution >= 4 is 15.7 Å². The van der Waals surface area contributed by atoms with Crippen molar-refractivity contribution in [2.75, 3.05) is 0 Å². The number of rotatable bonds is 4. The van der Waals surface area contributed by atoms with Gasteiger partial charge in [0.25, 0.3) is 16.4 Å². The zero-order valence-corrected chi connectivity index (χ0v) is 10.3. The van der Waals surface area contributed by atoms with E-state index in [1.54, 1.807) is 0 Å². The number of sulfonamides is 1. The molecule has 21 heavy (non-hydrogen) atoms. The summed E-state index contributed by atoms with van der Waals surface area (Å²) in [5.41, 5.74) is -3.44. The number of pyridine rings is 1. The van der Waals surface area contributed by atoms with Gasteiger partial charge >= 0.3 is 12.0 Å². The molecule has 0 aliphatic heterocycles. The molecule has 1 rings (SSSR count). The Balaban J connectivity index is 3.80. The predicted octanol–water partition coefficient (Wildman–Crippen LogP) is 1.47. The molecule has 0 fully saturated rings. The van der Waals surface area contributed by atoms with Crippen LogP contribution in [0.25, 0.3) is 0 Å². The summed E-state index contributed by atoms with van der Waals surface area (Å²) in [5, 5.41) is 13.5. The SMILES string of the molecule is NS(=O)(=O)c1ncc(C(F)F)c([N+](=O)[O-])c1OC(F)(F)F. The maximum Gasteiger partial charge on any atom is 0.573 e. The molecule has 14 heteroatoms. The first-order chi connectivity index (χ1) is 9.34. The van der Waals surface area contributed by atoms with Crippen LogP contribution in [-0.2, 0) is 10.0 Å². The average molecular weight is 337 g/mol. The summed E-state index contributed by atoms with van der Waals surface area (Å²) in [4.78, 5) is 11.8. The minimum Gasteiger partial charge on any atom is -0.395 e. The molecule has 0 saturated carbocycles. The highest BCUT2D eigenvalue weighted by Crippen LogP contribution is 2.41. The maximum absolute atomic E-state index is 12.6. The molecule has 8 nitrogen and oxygen atoms in total. The van der Waals surface area contributed by atoms with Crippen molar-refractivity contribution in [2.24, 2.45) is 5.14 Å². The van der Waals surface area contributed by atoms with Crippen LogP contribution in [0.5, 0.6) is 5.75 Å². The highest BCUT2D eigenvalue weighted by atomic mass is 32.2. The standard InChI is InChI=1S/C7H4F5N3O5S/c8-5(9)2-1-14-6(21(13,18)19)4(3(2)15(16)17)20-7(10,11)12/h1,5H,(H2,13,18,19). The first kappa shape index (κ1) is 17.0. The lowest BCUT2D eigenvalue weighted by Crippen LogP contribution is -2.23. The van der Waals surface area contributed by atoms with Gasteiger partial charge in [-0.2, -0.15) is 0 Å². The molecular formula is C7H4F5N3O5S. The minimum absolute atomic E-state index is 0.0335. The number of alkyl halides is 5. The van der Waals surface area contributed by atoms with Crippen molar-refractivity contribution in [3.8, 4) is 5.75 Å². The van der Waals surface area contributed by atoms with E-state index in [0.29, 0.717) is 0 Å². The third kappa shape index (κ3) is 3.94. The molecular weight excluding hydrogens is 333 g/mol. The zero-order valence-electron chi connectivity index (χ0n) is 9.47. The van der Waals surface area contributed by atoms with Gasteiger partial charge in [0, 0.05) is 6.20 Å². The van der Waals surface area contributed by atoms with Gasteiger partial charge in [-0.3, -0.25) is 10.1 Å². The van der Waals surface area contributed by atoms with Crippen molar-refractivity contribution in [2.45, 2.75) is 17.8 Å². The van der Waals surface area contributed by atoms with Gasteiger partial charge in [-0.1, -0.05) is 0 Å². The summed E-state index contributed by atoms with van der Waals surface area (Å²) in [6, 6.07) is 0. The lowest BCUT2D eigenvalue weighted by atomic mass is 10.2. The second kappa shape index (κ2) is 5.36. The van der Waals surface area contributed by atoms with Gasteiger partial charge in [-0.15, -0.1) is 13.2 Å². The van der Waals surface area contributed by atoms with E-state index in [1.807, 2.05) is 0 Å². The van der Waals surface area contributed by atoms with E-state index in [2.05, 4.69) is 14.9 Å². The molecule has 0 aromatic carbocycles. The number of nitrogens with zero attached hydrogens (tertiary/aromatic N) is 2. The summed E-state index contributed by atoms with van der Waals surface area (Å²) < 4.78 is 87.0. The van der Waals surface area contributed by atoms with Gasteiger partial charge < -0.3 is 4.74 Å². The van der Waals surface area contributed by atoms with E-state index in [9.17, 15) is 40.5 Å². The molecule has 1 aromatic rings. The fraction of sp³-hybridized carbons (Fsp3) is 0.286. The summed E-state index contributed by atoms with van der Waals surface area (Å²) in [7, 11) is -4.99. The van der Waals surface area contributed by atoms with E-state index in [-0.39, 0.29) is 6.20 Å². The molecule has 0 bridgehead atoms. The third-order valence-electron chi connectivity index (χ3n) is 1.91.